The number of hydrogen-bond donors (Lipinski definition) is 1. The number of aromatic nitrogens is 1. The Morgan fingerprint density at radius 3 is 2.54 bits per heavy atom. The van der Waals surface area contributed by atoms with Crippen LogP contribution in [-0.4, -0.2) is 52.8 Å². The maximum absolute atomic E-state index is 12.5. The minimum Gasteiger partial charge on any atom is -0.481 e. The van der Waals surface area contributed by atoms with Crippen molar-refractivity contribution in [1.29, 1.82) is 0 Å². The van der Waals surface area contributed by atoms with Crippen LogP contribution >= 0.6 is 0 Å². The summed E-state index contributed by atoms with van der Waals surface area (Å²) in [4.78, 5) is 19.0. The number of hydrogen-bond acceptors (Lipinski definition) is 5. The van der Waals surface area contributed by atoms with Gasteiger partial charge in [0.25, 0.3) is 0 Å². The summed E-state index contributed by atoms with van der Waals surface area (Å²) in [7, 11) is 1.64. The molecule has 2 aliphatic carbocycles. The number of nitrogens with zero attached hydrogens (tertiary/aromatic N) is 2. The smallest absolute Gasteiger partial charge is 0.225 e. The molecule has 1 N–H and O–H groups in total. The van der Waals surface area contributed by atoms with Crippen LogP contribution in [0.25, 0.3) is 0 Å². The number of methoxy groups -OCH3 is 1. The van der Waals surface area contributed by atoms with E-state index in [9.17, 15) is 9.90 Å². The first-order chi connectivity index (χ1) is 13.3. The van der Waals surface area contributed by atoms with Gasteiger partial charge in [0.2, 0.25) is 17.7 Å². The summed E-state index contributed by atoms with van der Waals surface area (Å²) in [5.74, 6) is 1.55. The summed E-state index contributed by atoms with van der Waals surface area (Å²) in [6.07, 6.45) is 6.47. The van der Waals surface area contributed by atoms with Gasteiger partial charge in [0.15, 0.2) is 0 Å². The first-order valence-corrected chi connectivity index (χ1v) is 10.5. The molecule has 6 heteroatoms. The van der Waals surface area contributed by atoms with E-state index < -0.39 is 5.60 Å². The summed E-state index contributed by atoms with van der Waals surface area (Å²) < 4.78 is 11.5. The second-order valence-corrected chi connectivity index (χ2v) is 9.29. The summed E-state index contributed by atoms with van der Waals surface area (Å²) in [5.41, 5.74) is 0.730. The molecule has 4 rings (SSSR count). The Morgan fingerprint density at radius 2 is 1.96 bits per heavy atom. The molecule has 1 spiro atoms. The van der Waals surface area contributed by atoms with E-state index in [0.717, 1.165) is 50.8 Å². The van der Waals surface area contributed by atoms with Crippen LogP contribution in [0.15, 0.2) is 12.1 Å². The van der Waals surface area contributed by atoms with Gasteiger partial charge in [0.1, 0.15) is 6.10 Å². The van der Waals surface area contributed by atoms with Gasteiger partial charge in [-0.2, -0.15) is 4.98 Å². The van der Waals surface area contributed by atoms with Gasteiger partial charge in [0, 0.05) is 36.1 Å². The minimum absolute atomic E-state index is 0.0270. The Morgan fingerprint density at radius 1 is 1.29 bits per heavy atom. The molecule has 6 nitrogen and oxygen atoms in total. The molecule has 3 aliphatic rings. The zero-order chi connectivity index (χ0) is 19.9. The van der Waals surface area contributed by atoms with Crippen LogP contribution in [0.1, 0.15) is 57.9 Å². The van der Waals surface area contributed by atoms with Crippen molar-refractivity contribution in [3.63, 3.8) is 0 Å². The van der Waals surface area contributed by atoms with E-state index in [2.05, 4.69) is 11.9 Å². The summed E-state index contributed by atoms with van der Waals surface area (Å²) in [5, 5.41) is 9.86. The monoisotopic (exact) mass is 388 g/mol. The molecule has 1 amide bonds. The molecule has 1 aromatic rings. The Balaban J connectivity index is 1.25. The number of carbonyl (C=O) groups is 1. The summed E-state index contributed by atoms with van der Waals surface area (Å²) >= 11 is 0. The van der Waals surface area contributed by atoms with Crippen molar-refractivity contribution >= 4 is 5.91 Å². The van der Waals surface area contributed by atoms with Crippen LogP contribution in [0, 0.1) is 11.3 Å². The number of amides is 1. The minimum atomic E-state index is -0.635. The predicted octanol–water partition coefficient (Wildman–Crippen LogP) is 2.96. The van der Waals surface area contributed by atoms with Crippen molar-refractivity contribution < 1.29 is 19.4 Å². The molecular formula is C22H32N2O4. The first-order valence-electron chi connectivity index (χ1n) is 10.5. The van der Waals surface area contributed by atoms with Gasteiger partial charge in [-0.05, 0) is 57.9 Å². The van der Waals surface area contributed by atoms with Gasteiger partial charge < -0.3 is 19.5 Å². The van der Waals surface area contributed by atoms with Crippen molar-refractivity contribution in [2.24, 2.45) is 11.3 Å². The number of aliphatic hydroxyl groups is 1. The number of pyridine rings is 1. The van der Waals surface area contributed by atoms with Crippen LogP contribution in [0.2, 0.25) is 0 Å². The van der Waals surface area contributed by atoms with E-state index in [1.165, 1.54) is 0 Å². The van der Waals surface area contributed by atoms with E-state index in [1.807, 2.05) is 24.0 Å². The lowest BCUT2D eigenvalue weighted by Gasteiger charge is -2.55. The van der Waals surface area contributed by atoms with Crippen LogP contribution in [0.4, 0.5) is 0 Å². The number of likely N-dealkylation sites (tertiary alicyclic amines) is 1. The fourth-order valence-electron chi connectivity index (χ4n) is 5.13. The molecule has 0 radical (unpaired) electrons. The third-order valence-corrected chi connectivity index (χ3v) is 6.85. The average Bonchev–Trinajstić information content (AvgIpc) is 2.64. The number of aryl methyl sites for hydroxylation is 1. The van der Waals surface area contributed by atoms with Gasteiger partial charge in [-0.25, -0.2) is 0 Å². The highest BCUT2D eigenvalue weighted by Crippen LogP contribution is 2.47. The lowest BCUT2D eigenvalue weighted by Crippen LogP contribution is -2.63. The quantitative estimate of drug-likeness (QED) is 0.840. The standard InChI is InChI=1S/C22H32N2O4/c1-4-15-5-6-18(23-19(15)27-3)28-17-7-9-22(10-8-17)13-24(14-22)20(25)16-11-21(2,26)12-16/h5-6,16-17,26H,4,7-14H2,1-3H3/t16-,21+. The van der Waals surface area contributed by atoms with Gasteiger partial charge in [-0.3, -0.25) is 4.79 Å². The van der Waals surface area contributed by atoms with Crippen LogP contribution in [0.5, 0.6) is 11.8 Å². The van der Waals surface area contributed by atoms with E-state index >= 15 is 0 Å². The zero-order valence-corrected chi connectivity index (χ0v) is 17.2. The molecule has 28 heavy (non-hydrogen) atoms. The van der Waals surface area contributed by atoms with Crippen LogP contribution < -0.4 is 9.47 Å². The van der Waals surface area contributed by atoms with Crippen LogP contribution in [0.3, 0.4) is 0 Å². The van der Waals surface area contributed by atoms with Crippen molar-refractivity contribution in [2.75, 3.05) is 20.2 Å². The molecule has 3 fully saturated rings. The lowest BCUT2D eigenvalue weighted by atomic mass is 9.66. The molecule has 0 atom stereocenters. The molecule has 1 aliphatic heterocycles. The van der Waals surface area contributed by atoms with Gasteiger partial charge in [-0.1, -0.05) is 6.92 Å². The average molecular weight is 389 g/mol. The second-order valence-electron chi connectivity index (χ2n) is 9.29. The highest BCUT2D eigenvalue weighted by atomic mass is 16.5. The Labute approximate surface area is 167 Å². The van der Waals surface area contributed by atoms with Gasteiger partial charge >= 0.3 is 0 Å². The van der Waals surface area contributed by atoms with Crippen molar-refractivity contribution in [1.82, 2.24) is 9.88 Å². The highest BCUT2D eigenvalue weighted by molar-refractivity contribution is 5.81. The molecule has 2 saturated carbocycles. The number of carbonyl (C=O) groups excluding carboxylic acids is 1. The van der Waals surface area contributed by atoms with Gasteiger partial charge in [0.05, 0.1) is 12.7 Å². The Hall–Kier alpha value is -1.82. The molecule has 154 valence electrons. The second kappa shape index (κ2) is 7.21. The lowest BCUT2D eigenvalue weighted by molar-refractivity contribution is -0.164. The predicted molar refractivity (Wildman–Crippen MR) is 105 cm³/mol. The van der Waals surface area contributed by atoms with Gasteiger partial charge in [-0.15, -0.1) is 0 Å². The first kappa shape index (κ1) is 19.5. The molecule has 1 saturated heterocycles. The Kier molecular flexibility index (Phi) is 5.02. The molecular weight excluding hydrogens is 356 g/mol. The maximum Gasteiger partial charge on any atom is 0.225 e. The highest BCUT2D eigenvalue weighted by Gasteiger charge is 2.51. The molecule has 2 heterocycles. The third kappa shape index (κ3) is 3.71. The van der Waals surface area contributed by atoms with Crippen molar-refractivity contribution in [2.45, 2.75) is 70.5 Å². The molecule has 0 unspecified atom stereocenters. The maximum atomic E-state index is 12.5. The normalized spacial score (nSPS) is 29.1. The molecule has 0 bridgehead atoms. The summed E-state index contributed by atoms with van der Waals surface area (Å²) in [6.45, 7) is 5.64. The van der Waals surface area contributed by atoms with E-state index in [1.54, 1.807) is 7.11 Å². The van der Waals surface area contributed by atoms with Crippen LogP contribution in [-0.2, 0) is 11.2 Å². The fourth-order valence-corrected chi connectivity index (χ4v) is 5.13. The van der Waals surface area contributed by atoms with Crippen molar-refractivity contribution in [3.8, 4) is 11.8 Å². The fraction of sp³-hybridized carbons (Fsp3) is 0.727. The molecule has 0 aromatic carbocycles. The van der Waals surface area contributed by atoms with E-state index in [0.29, 0.717) is 24.6 Å². The Bertz CT molecular complexity index is 724. The zero-order valence-electron chi connectivity index (χ0n) is 17.2. The summed E-state index contributed by atoms with van der Waals surface area (Å²) in [6, 6.07) is 3.96. The molecule has 1 aromatic heterocycles. The topological polar surface area (TPSA) is 71.9 Å². The third-order valence-electron chi connectivity index (χ3n) is 6.85. The van der Waals surface area contributed by atoms with E-state index in [-0.39, 0.29) is 23.3 Å². The number of rotatable bonds is 5. The SMILES string of the molecule is CCc1ccc(OC2CCC3(CC2)CN(C(=O)[C@H]2C[C@@](C)(O)C2)C3)nc1OC. The largest absolute Gasteiger partial charge is 0.481 e. The van der Waals surface area contributed by atoms with E-state index in [4.69, 9.17) is 9.47 Å². The number of ether oxygens (including phenoxy) is 2. The van der Waals surface area contributed by atoms with Crippen molar-refractivity contribution in [3.05, 3.63) is 17.7 Å².